The Kier molecular flexibility index (Phi) is 7.24. The van der Waals surface area contributed by atoms with Crippen LogP contribution in [-0.4, -0.2) is 41.9 Å². The second kappa shape index (κ2) is 10.5. The minimum atomic E-state index is -3.92. The van der Waals surface area contributed by atoms with Gasteiger partial charge in [0, 0.05) is 12.5 Å². The smallest absolute Gasteiger partial charge is 0.274 e. The van der Waals surface area contributed by atoms with Gasteiger partial charge >= 0.3 is 0 Å². The summed E-state index contributed by atoms with van der Waals surface area (Å²) in [6.45, 7) is 0.357. The largest absolute Gasteiger partial charge is 0.490 e. The number of ether oxygens (including phenoxy) is 2. The molecule has 35 heavy (non-hydrogen) atoms. The number of hydrogen-bond donors (Lipinski definition) is 0. The monoisotopic (exact) mass is 496 g/mol. The zero-order valence-corrected chi connectivity index (χ0v) is 19.5. The van der Waals surface area contributed by atoms with E-state index in [1.165, 1.54) is 29.1 Å². The van der Waals surface area contributed by atoms with Crippen molar-refractivity contribution in [3.05, 3.63) is 71.9 Å². The number of terminal acetylenes is 1. The summed E-state index contributed by atoms with van der Waals surface area (Å²) in [7, 11) is -2.86. The zero-order chi connectivity index (χ0) is 24.8. The van der Waals surface area contributed by atoms with Gasteiger partial charge in [0.2, 0.25) is 5.88 Å². The number of halogens is 1. The molecule has 2 aromatic carbocycles. The van der Waals surface area contributed by atoms with E-state index in [2.05, 4.69) is 25.2 Å². The average molecular weight is 497 g/mol. The van der Waals surface area contributed by atoms with Gasteiger partial charge in [-0.2, -0.15) is 18.5 Å². The molecule has 0 aliphatic heterocycles. The van der Waals surface area contributed by atoms with Crippen molar-refractivity contribution in [2.24, 2.45) is 0 Å². The number of benzene rings is 2. The molecule has 180 valence electrons. The molecule has 2 aromatic heterocycles. The summed E-state index contributed by atoms with van der Waals surface area (Å²) in [6.07, 6.45) is 7.10. The summed E-state index contributed by atoms with van der Waals surface area (Å²) in [5.74, 6) is 1.66. The van der Waals surface area contributed by atoms with Crippen molar-refractivity contribution in [2.75, 3.05) is 13.7 Å². The second-order valence-electron chi connectivity index (χ2n) is 7.30. The molecule has 4 aromatic rings. The predicted molar refractivity (Wildman–Crippen MR) is 126 cm³/mol. The van der Waals surface area contributed by atoms with Crippen LogP contribution in [0.4, 0.5) is 4.39 Å². The zero-order valence-electron chi connectivity index (χ0n) is 18.7. The highest BCUT2D eigenvalue weighted by atomic mass is 32.2. The molecule has 0 unspecified atom stereocenters. The first kappa shape index (κ1) is 24.1. The van der Waals surface area contributed by atoms with Crippen LogP contribution in [-0.2, 0) is 26.7 Å². The Bertz CT molecular complexity index is 1480. The van der Waals surface area contributed by atoms with Crippen molar-refractivity contribution in [1.82, 2.24) is 19.7 Å². The predicted octanol–water partition coefficient (Wildman–Crippen LogP) is 3.41. The van der Waals surface area contributed by atoms with Gasteiger partial charge < -0.3 is 9.47 Å². The second-order valence-corrected chi connectivity index (χ2v) is 9.03. The molecular weight excluding hydrogens is 475 g/mol. The molecule has 0 spiro atoms. The van der Waals surface area contributed by atoms with Crippen LogP contribution in [0.2, 0.25) is 0 Å². The summed E-state index contributed by atoms with van der Waals surface area (Å²) in [5.41, 5.74) is 1.52. The van der Waals surface area contributed by atoms with Gasteiger partial charge in [-0.25, -0.2) is 14.1 Å². The first-order valence-electron chi connectivity index (χ1n) is 10.5. The van der Waals surface area contributed by atoms with Crippen LogP contribution >= 0.6 is 0 Å². The maximum Gasteiger partial charge on any atom is 0.274 e. The van der Waals surface area contributed by atoms with Crippen LogP contribution in [0, 0.1) is 18.2 Å². The lowest BCUT2D eigenvalue weighted by molar-refractivity contribution is 0.296. The Balaban J connectivity index is 1.80. The highest BCUT2D eigenvalue weighted by Gasteiger charge is 2.21. The van der Waals surface area contributed by atoms with Crippen molar-refractivity contribution in [3.8, 4) is 29.7 Å². The Morgan fingerprint density at radius 1 is 1.11 bits per heavy atom. The van der Waals surface area contributed by atoms with Crippen molar-refractivity contribution in [3.63, 3.8) is 0 Å². The maximum atomic E-state index is 14.0. The molecule has 2 heterocycles. The van der Waals surface area contributed by atoms with E-state index in [0.717, 1.165) is 12.7 Å². The molecule has 0 bridgehead atoms. The quantitative estimate of drug-likeness (QED) is 0.187. The van der Waals surface area contributed by atoms with E-state index >= 15 is 0 Å². The van der Waals surface area contributed by atoms with Crippen LogP contribution < -0.4 is 9.47 Å². The number of nitrogens with zero attached hydrogens (tertiary/aromatic N) is 4. The standard InChI is InChI=1S/C24H21FN4O5S/c1-3-4-12-33-21-13-18(25)10-11-20(21)29-23-19(14-26-29)24(34-15-17-8-6-5-7-9-17)28-22(27-23)16-35(30,31)32-2/h1,5-11,13-14H,4,12,15-16H2,2H3. The van der Waals surface area contributed by atoms with Crippen LogP contribution in [0.3, 0.4) is 0 Å². The molecule has 0 N–H and O–H groups in total. The molecule has 9 nitrogen and oxygen atoms in total. The molecule has 0 aliphatic rings. The van der Waals surface area contributed by atoms with Crippen LogP contribution in [0.5, 0.6) is 11.6 Å². The highest BCUT2D eigenvalue weighted by molar-refractivity contribution is 7.85. The number of aromatic nitrogens is 4. The normalized spacial score (nSPS) is 11.3. The summed E-state index contributed by atoms with van der Waals surface area (Å²) >= 11 is 0. The fourth-order valence-electron chi connectivity index (χ4n) is 3.22. The molecule has 0 atom stereocenters. The number of hydrogen-bond acceptors (Lipinski definition) is 8. The number of rotatable bonds is 10. The average Bonchev–Trinajstić information content (AvgIpc) is 3.27. The number of fused-ring (bicyclic) bond motifs is 1. The van der Waals surface area contributed by atoms with E-state index in [1.807, 2.05) is 30.3 Å². The molecule has 0 saturated carbocycles. The van der Waals surface area contributed by atoms with Gasteiger partial charge in [0.1, 0.15) is 35.0 Å². The van der Waals surface area contributed by atoms with E-state index in [9.17, 15) is 12.8 Å². The minimum Gasteiger partial charge on any atom is -0.490 e. The third kappa shape index (κ3) is 5.74. The maximum absolute atomic E-state index is 14.0. The fraction of sp³-hybridized carbons (Fsp3) is 0.208. The Labute approximate surface area is 201 Å². The van der Waals surface area contributed by atoms with Crippen molar-refractivity contribution in [2.45, 2.75) is 18.8 Å². The Hall–Kier alpha value is -4.01. The summed E-state index contributed by atoms with van der Waals surface area (Å²) < 4.78 is 55.7. The van der Waals surface area contributed by atoms with Crippen molar-refractivity contribution in [1.29, 1.82) is 0 Å². The molecule has 4 rings (SSSR count). The molecule has 0 radical (unpaired) electrons. The van der Waals surface area contributed by atoms with Crippen molar-refractivity contribution >= 4 is 21.2 Å². The third-order valence-electron chi connectivity index (χ3n) is 4.87. The fourth-order valence-corrected chi connectivity index (χ4v) is 3.78. The topological polar surface area (TPSA) is 105 Å². The van der Waals surface area contributed by atoms with Crippen molar-refractivity contribution < 1.29 is 26.5 Å². The lowest BCUT2D eigenvalue weighted by Gasteiger charge is -2.12. The van der Waals surface area contributed by atoms with E-state index in [1.54, 1.807) is 0 Å². The van der Waals surface area contributed by atoms with Gasteiger partial charge in [0.15, 0.2) is 11.5 Å². The summed E-state index contributed by atoms with van der Waals surface area (Å²) in [4.78, 5) is 8.68. The van der Waals surface area contributed by atoms with Gasteiger partial charge in [-0.3, -0.25) is 4.18 Å². The Morgan fingerprint density at radius 3 is 2.66 bits per heavy atom. The molecule has 0 aliphatic carbocycles. The van der Waals surface area contributed by atoms with E-state index in [4.69, 9.17) is 15.9 Å². The van der Waals surface area contributed by atoms with Gasteiger partial charge in [-0.1, -0.05) is 30.3 Å². The first-order valence-corrected chi connectivity index (χ1v) is 12.0. The van der Waals surface area contributed by atoms with E-state index < -0.39 is 21.7 Å². The van der Waals surface area contributed by atoms with Crippen LogP contribution in [0.15, 0.2) is 54.7 Å². The summed E-state index contributed by atoms with van der Waals surface area (Å²) in [6, 6.07) is 13.3. The highest BCUT2D eigenvalue weighted by Crippen LogP contribution is 2.30. The summed E-state index contributed by atoms with van der Waals surface area (Å²) in [5, 5.41) is 4.80. The van der Waals surface area contributed by atoms with Crippen LogP contribution in [0.1, 0.15) is 17.8 Å². The lowest BCUT2D eigenvalue weighted by atomic mass is 10.2. The minimum absolute atomic E-state index is 0.0546. The van der Waals surface area contributed by atoms with Gasteiger partial charge in [0.25, 0.3) is 10.1 Å². The molecule has 0 amide bonds. The Morgan fingerprint density at radius 2 is 1.91 bits per heavy atom. The van der Waals surface area contributed by atoms with Gasteiger partial charge in [-0.05, 0) is 17.7 Å². The molecule has 11 heteroatoms. The van der Waals surface area contributed by atoms with E-state index in [0.29, 0.717) is 17.5 Å². The SMILES string of the molecule is C#CCCOc1cc(F)ccc1-n1ncc2c(OCc3ccccc3)nc(CS(=O)(=O)OC)nc21. The van der Waals surface area contributed by atoms with E-state index in [-0.39, 0.29) is 36.3 Å². The molecule has 0 saturated heterocycles. The molecular formula is C24H21FN4O5S. The first-order chi connectivity index (χ1) is 16.9. The molecule has 0 fully saturated rings. The lowest BCUT2D eigenvalue weighted by Crippen LogP contribution is -2.11. The third-order valence-corrected chi connectivity index (χ3v) is 5.99. The van der Waals surface area contributed by atoms with Crippen LogP contribution in [0.25, 0.3) is 16.7 Å². The van der Waals surface area contributed by atoms with Gasteiger partial charge in [-0.15, -0.1) is 12.3 Å². The van der Waals surface area contributed by atoms with Gasteiger partial charge in [0.05, 0.1) is 19.9 Å².